The van der Waals surface area contributed by atoms with Crippen LogP contribution in [0.25, 0.3) is 0 Å². The molecule has 0 aliphatic carbocycles. The number of nitrogens with zero attached hydrogens (tertiary/aromatic N) is 3. The third-order valence-corrected chi connectivity index (χ3v) is 3.13. The van der Waals surface area contributed by atoms with Crippen molar-refractivity contribution < 1.29 is 9.90 Å². The van der Waals surface area contributed by atoms with Gasteiger partial charge in [0.2, 0.25) is 5.95 Å². The molecule has 1 aromatic rings. The van der Waals surface area contributed by atoms with Crippen LogP contribution < -0.4 is 10.2 Å². The third-order valence-electron chi connectivity index (χ3n) is 3.13. The molecule has 0 bridgehead atoms. The van der Waals surface area contributed by atoms with Crippen molar-refractivity contribution in [1.82, 2.24) is 9.97 Å². The smallest absolute Gasteiger partial charge is 0.306 e. The normalized spacial score (nSPS) is 13.6. The van der Waals surface area contributed by atoms with Crippen LogP contribution in [0.2, 0.25) is 0 Å². The number of aromatic nitrogens is 2. The fourth-order valence-corrected chi connectivity index (χ4v) is 1.82. The van der Waals surface area contributed by atoms with Crippen LogP contribution in [0.3, 0.4) is 0 Å². The average Bonchev–Trinajstić information content (AvgIpc) is 2.38. The first-order valence-corrected chi connectivity index (χ1v) is 6.90. The zero-order valence-electron chi connectivity index (χ0n) is 12.6. The Bertz CT molecular complexity index is 437. The summed E-state index contributed by atoms with van der Waals surface area (Å²) < 4.78 is 0. The van der Waals surface area contributed by atoms with Gasteiger partial charge in [0.15, 0.2) is 0 Å². The number of nitrogens with one attached hydrogen (secondary N) is 1. The van der Waals surface area contributed by atoms with Gasteiger partial charge in [-0.05, 0) is 25.8 Å². The van der Waals surface area contributed by atoms with Gasteiger partial charge < -0.3 is 15.3 Å². The molecule has 0 saturated heterocycles. The molecule has 0 spiro atoms. The van der Waals surface area contributed by atoms with E-state index in [2.05, 4.69) is 22.2 Å². The van der Waals surface area contributed by atoms with E-state index < -0.39 is 5.97 Å². The molecule has 2 atom stereocenters. The first kappa shape index (κ1) is 16.2. The number of rotatable bonds is 8. The van der Waals surface area contributed by atoms with E-state index in [4.69, 9.17) is 5.11 Å². The highest BCUT2D eigenvalue weighted by Gasteiger charge is 2.11. The maximum absolute atomic E-state index is 10.7. The molecule has 112 valence electrons. The van der Waals surface area contributed by atoms with E-state index >= 15 is 0 Å². The van der Waals surface area contributed by atoms with Crippen LogP contribution in [0, 0.1) is 5.92 Å². The molecule has 20 heavy (non-hydrogen) atoms. The lowest BCUT2D eigenvalue weighted by atomic mass is 10.0. The number of hydrogen-bond acceptors (Lipinski definition) is 5. The van der Waals surface area contributed by atoms with E-state index in [1.807, 2.05) is 25.1 Å². The molecule has 0 fully saturated rings. The summed E-state index contributed by atoms with van der Waals surface area (Å²) in [6.07, 6.45) is 4.23. The van der Waals surface area contributed by atoms with Gasteiger partial charge >= 0.3 is 5.97 Å². The van der Waals surface area contributed by atoms with Crippen molar-refractivity contribution in [2.24, 2.45) is 5.92 Å². The van der Waals surface area contributed by atoms with E-state index in [1.54, 1.807) is 13.1 Å². The van der Waals surface area contributed by atoms with Crippen LogP contribution in [0.4, 0.5) is 11.8 Å². The van der Waals surface area contributed by atoms with Crippen molar-refractivity contribution in [1.29, 1.82) is 0 Å². The van der Waals surface area contributed by atoms with Gasteiger partial charge in [-0.3, -0.25) is 4.79 Å². The Hall–Kier alpha value is -1.85. The second kappa shape index (κ2) is 7.67. The van der Waals surface area contributed by atoms with Crippen molar-refractivity contribution in [3.05, 3.63) is 12.3 Å². The Balaban J connectivity index is 2.40. The minimum atomic E-state index is -0.725. The van der Waals surface area contributed by atoms with Gasteiger partial charge in [0, 0.05) is 26.3 Å². The number of anilines is 2. The van der Waals surface area contributed by atoms with Crippen LogP contribution in [0.15, 0.2) is 12.3 Å². The highest BCUT2D eigenvalue weighted by Crippen LogP contribution is 2.14. The monoisotopic (exact) mass is 280 g/mol. The standard InChI is InChI=1S/C14H24N4O2/c1-10(13(19)20)6-5-7-11(2)16-12-8-9-15-14(17-12)18(3)4/h8-11H,5-7H2,1-4H3,(H,19,20)(H,15,16,17). The molecule has 1 aromatic heterocycles. The summed E-state index contributed by atoms with van der Waals surface area (Å²) >= 11 is 0. The van der Waals surface area contributed by atoms with Crippen LogP contribution in [0.5, 0.6) is 0 Å². The highest BCUT2D eigenvalue weighted by atomic mass is 16.4. The minimum absolute atomic E-state index is 0.251. The lowest BCUT2D eigenvalue weighted by molar-refractivity contribution is -0.141. The summed E-state index contributed by atoms with van der Waals surface area (Å²) in [6, 6.07) is 2.09. The number of carbonyl (C=O) groups is 1. The Kier molecular flexibility index (Phi) is 6.21. The predicted octanol–water partition coefficient (Wildman–Crippen LogP) is 2.23. The van der Waals surface area contributed by atoms with E-state index in [1.165, 1.54) is 0 Å². The van der Waals surface area contributed by atoms with E-state index in [0.717, 1.165) is 18.7 Å². The van der Waals surface area contributed by atoms with Gasteiger partial charge in [0.25, 0.3) is 0 Å². The second-order valence-electron chi connectivity index (χ2n) is 5.35. The summed E-state index contributed by atoms with van der Waals surface area (Å²) in [5, 5.41) is 12.1. The first-order valence-electron chi connectivity index (χ1n) is 6.90. The molecule has 1 heterocycles. The molecule has 6 nitrogen and oxygen atoms in total. The molecule has 6 heteroatoms. The molecule has 2 N–H and O–H groups in total. The summed E-state index contributed by atoms with van der Waals surface area (Å²) in [5.41, 5.74) is 0. The Labute approximate surface area is 120 Å². The number of carboxylic acid groups (broad SMARTS) is 1. The molecular weight excluding hydrogens is 256 g/mol. The van der Waals surface area contributed by atoms with Crippen LogP contribution in [0.1, 0.15) is 33.1 Å². The Morgan fingerprint density at radius 3 is 2.70 bits per heavy atom. The topological polar surface area (TPSA) is 78.3 Å². The first-order chi connectivity index (χ1) is 9.40. The van der Waals surface area contributed by atoms with Gasteiger partial charge in [-0.2, -0.15) is 4.98 Å². The van der Waals surface area contributed by atoms with Gasteiger partial charge in [-0.15, -0.1) is 0 Å². The van der Waals surface area contributed by atoms with Crippen molar-refractivity contribution in [2.75, 3.05) is 24.3 Å². The van der Waals surface area contributed by atoms with Gasteiger partial charge in [-0.25, -0.2) is 4.98 Å². The fraction of sp³-hybridized carbons (Fsp3) is 0.643. The summed E-state index contributed by atoms with van der Waals surface area (Å²) in [5.74, 6) is 0.461. The molecule has 2 unspecified atom stereocenters. The SMILES string of the molecule is CC(CCCC(C)C(=O)O)Nc1ccnc(N(C)C)n1. The number of aliphatic carboxylic acids is 1. The molecule has 0 aliphatic rings. The summed E-state index contributed by atoms with van der Waals surface area (Å²) in [6.45, 7) is 3.82. The van der Waals surface area contributed by atoms with Crippen LogP contribution in [-0.4, -0.2) is 41.2 Å². The molecular formula is C14H24N4O2. The predicted molar refractivity (Wildman–Crippen MR) is 80.1 cm³/mol. The number of hydrogen-bond donors (Lipinski definition) is 2. The summed E-state index contributed by atoms with van der Waals surface area (Å²) in [7, 11) is 3.80. The van der Waals surface area contributed by atoms with Crippen molar-refractivity contribution >= 4 is 17.7 Å². The van der Waals surface area contributed by atoms with Crippen LogP contribution in [-0.2, 0) is 4.79 Å². The lowest BCUT2D eigenvalue weighted by Gasteiger charge is -2.16. The van der Waals surface area contributed by atoms with Crippen molar-refractivity contribution in [3.63, 3.8) is 0 Å². The quantitative estimate of drug-likeness (QED) is 0.760. The Morgan fingerprint density at radius 1 is 1.40 bits per heavy atom. The van der Waals surface area contributed by atoms with Gasteiger partial charge in [0.05, 0.1) is 5.92 Å². The molecule has 0 aliphatic heterocycles. The fourth-order valence-electron chi connectivity index (χ4n) is 1.82. The summed E-state index contributed by atoms with van der Waals surface area (Å²) in [4.78, 5) is 21.1. The Morgan fingerprint density at radius 2 is 2.10 bits per heavy atom. The maximum Gasteiger partial charge on any atom is 0.306 e. The zero-order chi connectivity index (χ0) is 15.1. The minimum Gasteiger partial charge on any atom is -0.481 e. The van der Waals surface area contributed by atoms with Crippen LogP contribution >= 0.6 is 0 Å². The van der Waals surface area contributed by atoms with E-state index in [-0.39, 0.29) is 12.0 Å². The van der Waals surface area contributed by atoms with Gasteiger partial charge in [0.1, 0.15) is 5.82 Å². The lowest BCUT2D eigenvalue weighted by Crippen LogP contribution is -2.19. The third kappa shape index (κ3) is 5.42. The maximum atomic E-state index is 10.7. The van der Waals surface area contributed by atoms with E-state index in [9.17, 15) is 4.79 Å². The zero-order valence-corrected chi connectivity index (χ0v) is 12.6. The van der Waals surface area contributed by atoms with Crippen molar-refractivity contribution in [2.45, 2.75) is 39.2 Å². The largest absolute Gasteiger partial charge is 0.481 e. The molecule has 0 amide bonds. The second-order valence-corrected chi connectivity index (χ2v) is 5.35. The van der Waals surface area contributed by atoms with Crippen molar-refractivity contribution in [3.8, 4) is 0 Å². The van der Waals surface area contributed by atoms with Gasteiger partial charge in [-0.1, -0.05) is 13.3 Å². The van der Waals surface area contributed by atoms with E-state index in [0.29, 0.717) is 12.4 Å². The number of carboxylic acids is 1. The highest BCUT2D eigenvalue weighted by molar-refractivity contribution is 5.69. The molecule has 1 rings (SSSR count). The average molecular weight is 280 g/mol. The molecule has 0 radical (unpaired) electrons. The molecule has 0 aromatic carbocycles. The molecule has 0 saturated carbocycles.